The Kier molecular flexibility index (Phi) is 4.21. The van der Waals surface area contributed by atoms with E-state index < -0.39 is 0 Å². The maximum Gasteiger partial charge on any atom is 0.223 e. The number of anilines is 1. The van der Waals surface area contributed by atoms with Crippen LogP contribution < -0.4 is 5.32 Å². The third kappa shape index (κ3) is 3.23. The number of nitrogens with zero attached hydrogens (tertiary/aromatic N) is 2. The highest BCUT2D eigenvalue weighted by atomic mass is 35.5. The zero-order valence-corrected chi connectivity index (χ0v) is 8.75. The van der Waals surface area contributed by atoms with E-state index >= 15 is 0 Å². The first kappa shape index (κ1) is 10.8. The molecule has 3 nitrogen and oxygen atoms in total. The summed E-state index contributed by atoms with van der Waals surface area (Å²) in [4.78, 5) is 8.00. The molecule has 74 valence electrons. The van der Waals surface area contributed by atoms with Gasteiger partial charge in [0.25, 0.3) is 0 Å². The van der Waals surface area contributed by atoms with Crippen LogP contribution in [0, 0.1) is 12.3 Å². The first-order valence-corrected chi connectivity index (χ1v) is 4.84. The highest BCUT2D eigenvalue weighted by Crippen LogP contribution is 2.08. The van der Waals surface area contributed by atoms with Gasteiger partial charge >= 0.3 is 0 Å². The summed E-state index contributed by atoms with van der Waals surface area (Å²) in [7, 11) is 0. The molecular formula is C10H12ClN3. The molecule has 0 radical (unpaired) electrons. The van der Waals surface area contributed by atoms with E-state index in [-0.39, 0.29) is 6.04 Å². The maximum absolute atomic E-state index is 5.65. The Morgan fingerprint density at radius 1 is 1.57 bits per heavy atom. The number of halogens is 1. The fourth-order valence-corrected chi connectivity index (χ4v) is 1.13. The first-order chi connectivity index (χ1) is 6.76. The van der Waals surface area contributed by atoms with Crippen LogP contribution >= 0.6 is 11.6 Å². The third-order valence-electron chi connectivity index (χ3n) is 1.70. The third-order valence-corrected chi connectivity index (χ3v) is 1.90. The Balaban J connectivity index is 2.59. The van der Waals surface area contributed by atoms with Gasteiger partial charge in [-0.2, -0.15) is 0 Å². The molecule has 1 unspecified atom stereocenters. The van der Waals surface area contributed by atoms with Crippen LogP contribution in [0.2, 0.25) is 5.02 Å². The van der Waals surface area contributed by atoms with Crippen molar-refractivity contribution in [1.82, 2.24) is 9.97 Å². The van der Waals surface area contributed by atoms with E-state index in [1.54, 1.807) is 0 Å². The van der Waals surface area contributed by atoms with Gasteiger partial charge in [0.15, 0.2) is 0 Å². The van der Waals surface area contributed by atoms with Gasteiger partial charge in [-0.05, 0) is 6.42 Å². The topological polar surface area (TPSA) is 37.8 Å². The van der Waals surface area contributed by atoms with Gasteiger partial charge in [-0.3, -0.25) is 0 Å². The molecule has 0 saturated heterocycles. The zero-order chi connectivity index (χ0) is 10.4. The maximum atomic E-state index is 5.65. The van der Waals surface area contributed by atoms with Gasteiger partial charge in [-0.25, -0.2) is 9.97 Å². The molecule has 1 aromatic heterocycles. The minimum absolute atomic E-state index is 0.0128. The van der Waals surface area contributed by atoms with Crippen LogP contribution in [0.5, 0.6) is 0 Å². The molecule has 4 heteroatoms. The summed E-state index contributed by atoms with van der Waals surface area (Å²) in [6, 6.07) is -0.0128. The molecule has 0 fully saturated rings. The Morgan fingerprint density at radius 3 is 2.71 bits per heavy atom. The first-order valence-electron chi connectivity index (χ1n) is 4.46. The molecule has 0 amide bonds. The number of terminal acetylenes is 1. The predicted molar refractivity (Wildman–Crippen MR) is 58.2 cm³/mol. The van der Waals surface area contributed by atoms with Crippen LogP contribution in [0.25, 0.3) is 0 Å². The lowest BCUT2D eigenvalue weighted by Gasteiger charge is -2.10. The lowest BCUT2D eigenvalue weighted by Crippen LogP contribution is -2.18. The quantitative estimate of drug-likeness (QED) is 0.774. The van der Waals surface area contributed by atoms with Crippen LogP contribution in [0.4, 0.5) is 5.95 Å². The molecule has 0 spiro atoms. The van der Waals surface area contributed by atoms with Gasteiger partial charge in [0.1, 0.15) is 0 Å². The molecule has 1 aromatic rings. The number of hydrogen-bond acceptors (Lipinski definition) is 3. The molecule has 0 aliphatic heterocycles. The molecule has 1 heterocycles. The standard InChI is InChI=1S/C10H12ClN3/c1-3-5-9(4-2)14-10-12-6-8(11)7-13-10/h2,6-7,9H,3,5H2,1H3,(H,12,13,14). The van der Waals surface area contributed by atoms with Crippen molar-refractivity contribution in [2.75, 3.05) is 5.32 Å². The van der Waals surface area contributed by atoms with Gasteiger partial charge in [0, 0.05) is 0 Å². The highest BCUT2D eigenvalue weighted by Gasteiger charge is 2.04. The molecule has 1 N–H and O–H groups in total. The molecular weight excluding hydrogens is 198 g/mol. The Labute approximate surface area is 88.9 Å². The largest absolute Gasteiger partial charge is 0.341 e. The predicted octanol–water partition coefficient (Wildman–Crippen LogP) is 2.34. The summed E-state index contributed by atoms with van der Waals surface area (Å²) >= 11 is 5.65. The normalized spacial score (nSPS) is 11.8. The van der Waals surface area contributed by atoms with Crippen LogP contribution in [-0.2, 0) is 0 Å². The minimum Gasteiger partial charge on any atom is -0.341 e. The molecule has 0 aliphatic carbocycles. The molecule has 0 saturated carbocycles. The van der Waals surface area contributed by atoms with Crippen LogP contribution in [0.15, 0.2) is 12.4 Å². The van der Waals surface area contributed by atoms with E-state index in [9.17, 15) is 0 Å². The summed E-state index contributed by atoms with van der Waals surface area (Å²) < 4.78 is 0. The van der Waals surface area contributed by atoms with Crippen molar-refractivity contribution in [2.24, 2.45) is 0 Å². The number of rotatable bonds is 4. The van der Waals surface area contributed by atoms with Crippen LogP contribution in [0.1, 0.15) is 19.8 Å². The van der Waals surface area contributed by atoms with Crippen molar-refractivity contribution in [3.05, 3.63) is 17.4 Å². The van der Waals surface area contributed by atoms with Gasteiger partial charge in [-0.1, -0.05) is 30.9 Å². The average molecular weight is 210 g/mol. The van der Waals surface area contributed by atoms with E-state index in [0.717, 1.165) is 12.8 Å². The number of aromatic nitrogens is 2. The van der Waals surface area contributed by atoms with Crippen molar-refractivity contribution in [3.8, 4) is 12.3 Å². The minimum atomic E-state index is -0.0128. The van der Waals surface area contributed by atoms with Crippen molar-refractivity contribution < 1.29 is 0 Å². The van der Waals surface area contributed by atoms with Crippen LogP contribution in [0.3, 0.4) is 0 Å². The van der Waals surface area contributed by atoms with Crippen molar-refractivity contribution in [2.45, 2.75) is 25.8 Å². The number of hydrogen-bond donors (Lipinski definition) is 1. The summed E-state index contributed by atoms with van der Waals surface area (Å²) in [5.74, 6) is 3.16. The Bertz CT molecular complexity index is 315. The fraction of sp³-hybridized carbons (Fsp3) is 0.400. The number of nitrogens with one attached hydrogen (secondary N) is 1. The monoisotopic (exact) mass is 209 g/mol. The average Bonchev–Trinajstić information content (AvgIpc) is 2.20. The second kappa shape index (κ2) is 5.46. The SMILES string of the molecule is C#CC(CCC)Nc1ncc(Cl)cn1. The summed E-state index contributed by atoms with van der Waals surface area (Å²) in [6.07, 6.45) is 10.3. The summed E-state index contributed by atoms with van der Waals surface area (Å²) in [6.45, 7) is 2.08. The molecule has 14 heavy (non-hydrogen) atoms. The molecule has 1 rings (SSSR count). The highest BCUT2D eigenvalue weighted by molar-refractivity contribution is 6.30. The van der Waals surface area contributed by atoms with Gasteiger partial charge in [-0.15, -0.1) is 6.42 Å². The van der Waals surface area contributed by atoms with Crippen molar-refractivity contribution in [1.29, 1.82) is 0 Å². The van der Waals surface area contributed by atoms with E-state index in [2.05, 4.69) is 28.1 Å². The second-order valence-corrected chi connectivity index (χ2v) is 3.31. The Hall–Kier alpha value is -1.27. The van der Waals surface area contributed by atoms with E-state index in [1.165, 1.54) is 12.4 Å². The fourth-order valence-electron chi connectivity index (χ4n) is 1.03. The van der Waals surface area contributed by atoms with Gasteiger partial charge in [0.2, 0.25) is 5.95 Å². The van der Waals surface area contributed by atoms with E-state index in [1.807, 2.05) is 0 Å². The Morgan fingerprint density at radius 2 is 2.21 bits per heavy atom. The van der Waals surface area contributed by atoms with Gasteiger partial charge in [0.05, 0.1) is 23.5 Å². The van der Waals surface area contributed by atoms with Crippen molar-refractivity contribution in [3.63, 3.8) is 0 Å². The van der Waals surface area contributed by atoms with Crippen LogP contribution in [-0.4, -0.2) is 16.0 Å². The van der Waals surface area contributed by atoms with E-state index in [0.29, 0.717) is 11.0 Å². The summed E-state index contributed by atoms with van der Waals surface area (Å²) in [5.41, 5.74) is 0. The molecule has 1 atom stereocenters. The van der Waals surface area contributed by atoms with Crippen molar-refractivity contribution >= 4 is 17.5 Å². The summed E-state index contributed by atoms with van der Waals surface area (Å²) in [5, 5.41) is 3.56. The molecule has 0 aromatic carbocycles. The second-order valence-electron chi connectivity index (χ2n) is 2.88. The van der Waals surface area contributed by atoms with Gasteiger partial charge < -0.3 is 5.32 Å². The smallest absolute Gasteiger partial charge is 0.223 e. The zero-order valence-electron chi connectivity index (χ0n) is 8.00. The molecule has 0 aliphatic rings. The molecule has 0 bridgehead atoms. The lowest BCUT2D eigenvalue weighted by atomic mass is 10.2. The van der Waals surface area contributed by atoms with E-state index in [4.69, 9.17) is 18.0 Å². The lowest BCUT2D eigenvalue weighted by molar-refractivity contribution is 0.748.